The molecule has 0 radical (unpaired) electrons. The van der Waals surface area contributed by atoms with Crippen LogP contribution < -0.4 is 0 Å². The SMILES string of the molecule is CC(C)[C@@H]1C=C(CC[C@H](O)CCl)[C@H](C)CC1. The summed E-state index contributed by atoms with van der Waals surface area (Å²) in [6.45, 7) is 6.89. The first kappa shape index (κ1) is 14.1. The van der Waals surface area contributed by atoms with Crippen molar-refractivity contribution in [1.29, 1.82) is 0 Å². The smallest absolute Gasteiger partial charge is 0.0678 e. The Morgan fingerprint density at radius 3 is 2.69 bits per heavy atom. The van der Waals surface area contributed by atoms with E-state index in [1.54, 1.807) is 0 Å². The second-order valence-corrected chi connectivity index (χ2v) is 5.78. The lowest BCUT2D eigenvalue weighted by atomic mass is 9.77. The molecule has 0 fully saturated rings. The third-order valence-corrected chi connectivity index (χ3v) is 4.15. The van der Waals surface area contributed by atoms with Gasteiger partial charge in [0.2, 0.25) is 0 Å². The van der Waals surface area contributed by atoms with Crippen molar-refractivity contribution in [2.75, 3.05) is 5.88 Å². The van der Waals surface area contributed by atoms with E-state index >= 15 is 0 Å². The third-order valence-electron chi connectivity index (χ3n) is 3.79. The van der Waals surface area contributed by atoms with Crippen LogP contribution in [0.25, 0.3) is 0 Å². The number of aliphatic hydroxyl groups is 1. The standard InChI is InChI=1S/C14H25ClO/c1-10(2)12-5-4-11(3)13(8-12)6-7-14(16)9-15/h8,10-12,14,16H,4-7,9H2,1-3H3/t11-,12+,14+/m1/s1. The Kier molecular flexibility index (Phi) is 5.85. The Morgan fingerprint density at radius 1 is 1.44 bits per heavy atom. The van der Waals surface area contributed by atoms with Crippen LogP contribution in [0, 0.1) is 17.8 Å². The van der Waals surface area contributed by atoms with E-state index in [1.165, 1.54) is 18.4 Å². The molecule has 0 bridgehead atoms. The fraction of sp³-hybridized carbons (Fsp3) is 0.857. The van der Waals surface area contributed by atoms with Gasteiger partial charge in [-0.15, -0.1) is 11.6 Å². The van der Waals surface area contributed by atoms with Gasteiger partial charge in [0.1, 0.15) is 0 Å². The molecular formula is C14H25ClO. The molecule has 0 amide bonds. The lowest BCUT2D eigenvalue weighted by molar-refractivity contribution is 0.186. The lowest BCUT2D eigenvalue weighted by Gasteiger charge is -2.29. The monoisotopic (exact) mass is 244 g/mol. The highest BCUT2D eigenvalue weighted by Gasteiger charge is 2.21. The maximum Gasteiger partial charge on any atom is 0.0678 e. The highest BCUT2D eigenvalue weighted by Crippen LogP contribution is 2.34. The Bertz CT molecular complexity index is 235. The summed E-state index contributed by atoms with van der Waals surface area (Å²) in [5.41, 5.74) is 1.54. The second-order valence-electron chi connectivity index (χ2n) is 5.47. The van der Waals surface area contributed by atoms with Crippen LogP contribution in [0.1, 0.15) is 46.5 Å². The van der Waals surface area contributed by atoms with E-state index in [2.05, 4.69) is 26.8 Å². The molecule has 0 heterocycles. The maximum absolute atomic E-state index is 9.49. The molecule has 1 N–H and O–H groups in total. The number of hydrogen-bond donors (Lipinski definition) is 1. The molecular weight excluding hydrogens is 220 g/mol. The quantitative estimate of drug-likeness (QED) is 0.573. The van der Waals surface area contributed by atoms with Crippen LogP contribution in [-0.4, -0.2) is 17.1 Å². The third kappa shape index (κ3) is 4.10. The van der Waals surface area contributed by atoms with Gasteiger partial charge in [-0.1, -0.05) is 32.4 Å². The van der Waals surface area contributed by atoms with Gasteiger partial charge >= 0.3 is 0 Å². The molecule has 1 aliphatic carbocycles. The van der Waals surface area contributed by atoms with Gasteiger partial charge in [-0.3, -0.25) is 0 Å². The molecule has 1 nitrogen and oxygen atoms in total. The van der Waals surface area contributed by atoms with Gasteiger partial charge in [0.25, 0.3) is 0 Å². The maximum atomic E-state index is 9.49. The highest BCUT2D eigenvalue weighted by molar-refractivity contribution is 6.18. The lowest BCUT2D eigenvalue weighted by Crippen LogP contribution is -2.17. The van der Waals surface area contributed by atoms with Gasteiger partial charge in [0, 0.05) is 5.88 Å². The molecule has 0 unspecified atom stereocenters. The van der Waals surface area contributed by atoms with Crippen molar-refractivity contribution >= 4 is 11.6 Å². The Labute approximate surface area is 105 Å². The molecule has 0 aromatic carbocycles. The average Bonchev–Trinajstić information content (AvgIpc) is 2.27. The van der Waals surface area contributed by atoms with Gasteiger partial charge in [-0.25, -0.2) is 0 Å². The molecule has 2 heteroatoms. The van der Waals surface area contributed by atoms with Crippen LogP contribution in [-0.2, 0) is 0 Å². The van der Waals surface area contributed by atoms with E-state index in [0.29, 0.717) is 11.8 Å². The average molecular weight is 245 g/mol. The molecule has 3 atom stereocenters. The van der Waals surface area contributed by atoms with Crippen molar-refractivity contribution in [2.45, 2.75) is 52.6 Å². The molecule has 0 aromatic heterocycles. The molecule has 1 aliphatic rings. The largest absolute Gasteiger partial charge is 0.392 e. The van der Waals surface area contributed by atoms with Crippen molar-refractivity contribution in [3.8, 4) is 0 Å². The van der Waals surface area contributed by atoms with Crippen LogP contribution in [0.3, 0.4) is 0 Å². The van der Waals surface area contributed by atoms with Crippen molar-refractivity contribution < 1.29 is 5.11 Å². The zero-order valence-corrected chi connectivity index (χ0v) is 11.5. The summed E-state index contributed by atoms with van der Waals surface area (Å²) in [6, 6.07) is 0. The van der Waals surface area contributed by atoms with E-state index in [9.17, 15) is 5.11 Å². The van der Waals surface area contributed by atoms with E-state index in [4.69, 9.17) is 11.6 Å². The summed E-state index contributed by atoms with van der Waals surface area (Å²) < 4.78 is 0. The van der Waals surface area contributed by atoms with Gasteiger partial charge in [-0.05, 0) is 43.4 Å². The zero-order valence-electron chi connectivity index (χ0n) is 10.7. The number of allylic oxidation sites excluding steroid dienone is 2. The highest BCUT2D eigenvalue weighted by atomic mass is 35.5. The molecule has 16 heavy (non-hydrogen) atoms. The number of hydrogen-bond acceptors (Lipinski definition) is 1. The number of alkyl halides is 1. The Balaban J connectivity index is 2.53. The Morgan fingerprint density at radius 2 is 2.12 bits per heavy atom. The summed E-state index contributed by atoms with van der Waals surface area (Å²) in [6.07, 6.45) is 6.56. The number of aliphatic hydroxyl groups excluding tert-OH is 1. The van der Waals surface area contributed by atoms with E-state index in [-0.39, 0.29) is 6.10 Å². The summed E-state index contributed by atoms with van der Waals surface area (Å²) in [4.78, 5) is 0. The molecule has 0 saturated carbocycles. The van der Waals surface area contributed by atoms with E-state index in [0.717, 1.165) is 24.7 Å². The van der Waals surface area contributed by atoms with Crippen LogP contribution in [0.5, 0.6) is 0 Å². The van der Waals surface area contributed by atoms with E-state index in [1.807, 2.05) is 0 Å². The Hall–Kier alpha value is -0.0100. The fourth-order valence-corrected chi connectivity index (χ4v) is 2.57. The van der Waals surface area contributed by atoms with Gasteiger partial charge < -0.3 is 5.11 Å². The normalized spacial score (nSPS) is 28.0. The minimum Gasteiger partial charge on any atom is -0.392 e. The summed E-state index contributed by atoms with van der Waals surface area (Å²) in [5, 5.41) is 9.49. The minimum absolute atomic E-state index is 0.339. The number of halogens is 1. The summed E-state index contributed by atoms with van der Waals surface area (Å²) in [7, 11) is 0. The first-order valence-corrected chi connectivity index (χ1v) is 7.02. The molecule has 0 spiro atoms. The summed E-state index contributed by atoms with van der Waals surface area (Å²) in [5.74, 6) is 2.52. The molecule has 94 valence electrons. The topological polar surface area (TPSA) is 20.2 Å². The van der Waals surface area contributed by atoms with Crippen molar-refractivity contribution in [2.24, 2.45) is 17.8 Å². The molecule has 0 aliphatic heterocycles. The van der Waals surface area contributed by atoms with Crippen LogP contribution in [0.2, 0.25) is 0 Å². The van der Waals surface area contributed by atoms with Gasteiger partial charge in [0.15, 0.2) is 0 Å². The molecule has 0 aromatic rings. The number of rotatable bonds is 5. The van der Waals surface area contributed by atoms with Crippen molar-refractivity contribution in [1.82, 2.24) is 0 Å². The van der Waals surface area contributed by atoms with E-state index < -0.39 is 0 Å². The van der Waals surface area contributed by atoms with Crippen LogP contribution >= 0.6 is 11.6 Å². The fourth-order valence-electron chi connectivity index (χ4n) is 2.42. The minimum atomic E-state index is -0.339. The zero-order chi connectivity index (χ0) is 12.1. The molecule has 0 saturated heterocycles. The summed E-state index contributed by atoms with van der Waals surface area (Å²) >= 11 is 5.62. The van der Waals surface area contributed by atoms with Crippen LogP contribution in [0.4, 0.5) is 0 Å². The van der Waals surface area contributed by atoms with Gasteiger partial charge in [-0.2, -0.15) is 0 Å². The predicted molar refractivity (Wildman–Crippen MR) is 70.8 cm³/mol. The van der Waals surface area contributed by atoms with Crippen molar-refractivity contribution in [3.05, 3.63) is 11.6 Å². The van der Waals surface area contributed by atoms with Crippen molar-refractivity contribution in [3.63, 3.8) is 0 Å². The predicted octanol–water partition coefficient (Wildman–Crippen LogP) is 3.99. The second kappa shape index (κ2) is 6.66. The first-order valence-electron chi connectivity index (χ1n) is 6.49. The first-order chi connectivity index (χ1) is 7.54. The van der Waals surface area contributed by atoms with Gasteiger partial charge in [0.05, 0.1) is 6.10 Å². The van der Waals surface area contributed by atoms with Crippen LogP contribution in [0.15, 0.2) is 11.6 Å². The molecule has 1 rings (SSSR count).